The minimum atomic E-state index is -0.0335. The Labute approximate surface area is 117 Å². The van der Waals surface area contributed by atoms with Crippen molar-refractivity contribution in [1.82, 2.24) is 0 Å². The molecule has 1 aromatic rings. The van der Waals surface area contributed by atoms with Gasteiger partial charge in [-0.3, -0.25) is 0 Å². The van der Waals surface area contributed by atoms with Gasteiger partial charge in [-0.1, -0.05) is 34.1 Å². The third-order valence-corrected chi connectivity index (χ3v) is 3.50. The van der Waals surface area contributed by atoms with Gasteiger partial charge in [0.15, 0.2) is 6.29 Å². The molecule has 0 saturated carbocycles. The van der Waals surface area contributed by atoms with Crippen LogP contribution in [0.4, 0.5) is 0 Å². The van der Waals surface area contributed by atoms with Crippen molar-refractivity contribution in [3.63, 3.8) is 0 Å². The summed E-state index contributed by atoms with van der Waals surface area (Å²) in [7, 11) is 0. The fourth-order valence-corrected chi connectivity index (χ4v) is 2.39. The van der Waals surface area contributed by atoms with Gasteiger partial charge in [0.25, 0.3) is 0 Å². The van der Waals surface area contributed by atoms with Crippen molar-refractivity contribution < 1.29 is 14.2 Å². The molecule has 0 aliphatic carbocycles. The van der Waals surface area contributed by atoms with E-state index in [1.807, 2.05) is 18.2 Å². The molecular weight excluding hydrogens is 296 g/mol. The second kappa shape index (κ2) is 7.77. The van der Waals surface area contributed by atoms with Crippen LogP contribution in [0.3, 0.4) is 0 Å². The molecule has 18 heavy (non-hydrogen) atoms. The Bertz CT molecular complexity index is 351. The maximum atomic E-state index is 5.71. The number of rotatable bonds is 6. The predicted octanol–water partition coefficient (Wildman–Crippen LogP) is 3.50. The highest BCUT2D eigenvalue weighted by atomic mass is 79.9. The number of alkyl halides is 1. The van der Waals surface area contributed by atoms with Crippen molar-refractivity contribution >= 4 is 15.9 Å². The summed E-state index contributed by atoms with van der Waals surface area (Å²) in [5, 5.41) is 0.801. The summed E-state index contributed by atoms with van der Waals surface area (Å²) in [6, 6.07) is 8.02. The maximum absolute atomic E-state index is 5.71. The molecule has 0 bridgehead atoms. The van der Waals surface area contributed by atoms with Gasteiger partial charge in [0.2, 0.25) is 0 Å². The number of hydrogen-bond acceptors (Lipinski definition) is 3. The van der Waals surface area contributed by atoms with Crippen molar-refractivity contribution in [3.8, 4) is 5.75 Å². The molecule has 4 heteroatoms. The lowest BCUT2D eigenvalue weighted by atomic mass is 10.2. The monoisotopic (exact) mass is 314 g/mol. The van der Waals surface area contributed by atoms with Crippen LogP contribution in [0.15, 0.2) is 24.3 Å². The molecule has 1 aliphatic rings. The van der Waals surface area contributed by atoms with E-state index in [0.717, 1.165) is 36.1 Å². The van der Waals surface area contributed by atoms with E-state index in [9.17, 15) is 0 Å². The summed E-state index contributed by atoms with van der Waals surface area (Å²) in [5.74, 6) is 0.919. The van der Waals surface area contributed by atoms with Gasteiger partial charge in [-0.2, -0.15) is 0 Å². The van der Waals surface area contributed by atoms with Crippen LogP contribution in [0.1, 0.15) is 24.8 Å². The average molecular weight is 315 g/mol. The molecule has 3 nitrogen and oxygen atoms in total. The molecule has 0 spiro atoms. The van der Waals surface area contributed by atoms with Crippen molar-refractivity contribution in [2.24, 2.45) is 0 Å². The molecule has 2 rings (SSSR count). The van der Waals surface area contributed by atoms with Crippen molar-refractivity contribution in [2.45, 2.75) is 30.9 Å². The third-order valence-electron chi connectivity index (χ3n) is 2.90. The number of ether oxygens (including phenoxy) is 3. The quantitative estimate of drug-likeness (QED) is 0.594. The molecule has 1 atom stereocenters. The van der Waals surface area contributed by atoms with E-state index in [0.29, 0.717) is 13.2 Å². The van der Waals surface area contributed by atoms with Gasteiger partial charge in [0.05, 0.1) is 6.61 Å². The summed E-state index contributed by atoms with van der Waals surface area (Å²) < 4.78 is 16.8. The van der Waals surface area contributed by atoms with Crippen molar-refractivity contribution in [2.75, 3.05) is 19.8 Å². The summed E-state index contributed by atoms with van der Waals surface area (Å²) in [6.07, 6.45) is 3.30. The smallest absolute Gasteiger partial charge is 0.157 e. The maximum Gasteiger partial charge on any atom is 0.157 e. The lowest BCUT2D eigenvalue weighted by molar-refractivity contribution is -0.165. The molecule has 0 radical (unpaired) electrons. The van der Waals surface area contributed by atoms with Gasteiger partial charge in [-0.15, -0.1) is 0 Å². The van der Waals surface area contributed by atoms with Crippen LogP contribution in [0.25, 0.3) is 0 Å². The van der Waals surface area contributed by atoms with Gasteiger partial charge in [0.1, 0.15) is 12.4 Å². The average Bonchev–Trinajstić information content (AvgIpc) is 2.45. The summed E-state index contributed by atoms with van der Waals surface area (Å²) in [5.41, 5.74) is 1.16. The number of para-hydroxylation sites is 1. The fraction of sp³-hybridized carbons (Fsp3) is 0.571. The highest BCUT2D eigenvalue weighted by Crippen LogP contribution is 2.20. The first-order valence-corrected chi connectivity index (χ1v) is 7.52. The lowest BCUT2D eigenvalue weighted by Crippen LogP contribution is -2.24. The first-order chi connectivity index (χ1) is 8.90. The minimum absolute atomic E-state index is 0.0335. The second-order valence-corrected chi connectivity index (χ2v) is 4.82. The minimum Gasteiger partial charge on any atom is -0.491 e. The lowest BCUT2D eigenvalue weighted by Gasteiger charge is -2.22. The van der Waals surface area contributed by atoms with Gasteiger partial charge in [-0.05, 0) is 25.3 Å². The Morgan fingerprint density at radius 2 is 2.11 bits per heavy atom. The zero-order valence-corrected chi connectivity index (χ0v) is 12.0. The standard InChI is InChI=1S/C14H19BrO3/c15-11-12-5-1-2-6-13(12)16-9-10-18-14-7-3-4-8-17-14/h1-2,5-6,14H,3-4,7-11H2. The zero-order valence-electron chi connectivity index (χ0n) is 10.4. The molecule has 1 aromatic carbocycles. The summed E-state index contributed by atoms with van der Waals surface area (Å²) >= 11 is 3.45. The molecular formula is C14H19BrO3. The van der Waals surface area contributed by atoms with Crippen molar-refractivity contribution in [3.05, 3.63) is 29.8 Å². The highest BCUT2D eigenvalue weighted by Gasteiger charge is 2.13. The van der Waals surface area contributed by atoms with E-state index in [2.05, 4.69) is 22.0 Å². The molecule has 1 saturated heterocycles. The van der Waals surface area contributed by atoms with Crippen LogP contribution in [-0.2, 0) is 14.8 Å². The molecule has 1 fully saturated rings. The van der Waals surface area contributed by atoms with Crippen LogP contribution in [0, 0.1) is 0 Å². The highest BCUT2D eigenvalue weighted by molar-refractivity contribution is 9.08. The Kier molecular flexibility index (Phi) is 5.97. The van der Waals surface area contributed by atoms with Crippen LogP contribution < -0.4 is 4.74 Å². The van der Waals surface area contributed by atoms with E-state index >= 15 is 0 Å². The van der Waals surface area contributed by atoms with Crippen LogP contribution >= 0.6 is 15.9 Å². The summed E-state index contributed by atoms with van der Waals surface area (Å²) in [4.78, 5) is 0. The molecule has 0 N–H and O–H groups in total. The Balaban J connectivity index is 1.68. The van der Waals surface area contributed by atoms with E-state index in [1.54, 1.807) is 0 Å². The first kappa shape index (κ1) is 13.8. The van der Waals surface area contributed by atoms with Gasteiger partial charge >= 0.3 is 0 Å². The number of benzene rings is 1. The Hall–Kier alpha value is -0.580. The predicted molar refractivity (Wildman–Crippen MR) is 74.1 cm³/mol. The number of halogens is 1. The number of hydrogen-bond donors (Lipinski definition) is 0. The van der Waals surface area contributed by atoms with Gasteiger partial charge in [0, 0.05) is 17.5 Å². The molecule has 100 valence electrons. The third kappa shape index (κ3) is 4.26. The van der Waals surface area contributed by atoms with Crippen LogP contribution in [0.5, 0.6) is 5.75 Å². The molecule has 1 heterocycles. The van der Waals surface area contributed by atoms with Crippen LogP contribution in [0.2, 0.25) is 0 Å². The van der Waals surface area contributed by atoms with E-state index in [-0.39, 0.29) is 6.29 Å². The molecule has 0 amide bonds. The molecule has 1 aliphatic heterocycles. The molecule has 1 unspecified atom stereocenters. The fourth-order valence-electron chi connectivity index (χ4n) is 1.93. The summed E-state index contributed by atoms with van der Waals surface area (Å²) in [6.45, 7) is 1.95. The van der Waals surface area contributed by atoms with E-state index < -0.39 is 0 Å². The second-order valence-electron chi connectivity index (χ2n) is 4.26. The van der Waals surface area contributed by atoms with Crippen molar-refractivity contribution in [1.29, 1.82) is 0 Å². The largest absolute Gasteiger partial charge is 0.491 e. The Morgan fingerprint density at radius 1 is 1.22 bits per heavy atom. The SMILES string of the molecule is BrCc1ccccc1OCCOC1CCCCO1. The first-order valence-electron chi connectivity index (χ1n) is 6.40. The van der Waals surface area contributed by atoms with Crippen LogP contribution in [-0.4, -0.2) is 26.1 Å². The Morgan fingerprint density at radius 3 is 2.89 bits per heavy atom. The molecule has 0 aromatic heterocycles. The van der Waals surface area contributed by atoms with Gasteiger partial charge in [-0.25, -0.2) is 0 Å². The van der Waals surface area contributed by atoms with E-state index in [4.69, 9.17) is 14.2 Å². The van der Waals surface area contributed by atoms with Gasteiger partial charge < -0.3 is 14.2 Å². The zero-order chi connectivity index (χ0) is 12.6. The van der Waals surface area contributed by atoms with E-state index in [1.165, 1.54) is 6.42 Å². The normalized spacial score (nSPS) is 19.7. The topological polar surface area (TPSA) is 27.7 Å².